The molecule has 22 heavy (non-hydrogen) atoms. The number of pyridine rings is 1. The smallest absolute Gasteiger partial charge is 0.244 e. The molecule has 0 aliphatic carbocycles. The number of hydrazine groups is 1. The summed E-state index contributed by atoms with van der Waals surface area (Å²) >= 11 is 0. The highest BCUT2D eigenvalue weighted by Gasteiger charge is 2.46. The van der Waals surface area contributed by atoms with Crippen LogP contribution in [0.1, 0.15) is 44.2 Å². The third kappa shape index (κ3) is 2.46. The van der Waals surface area contributed by atoms with E-state index < -0.39 is 11.2 Å². The molecule has 0 bridgehead atoms. The van der Waals surface area contributed by atoms with Crippen molar-refractivity contribution in [3.63, 3.8) is 0 Å². The van der Waals surface area contributed by atoms with Crippen molar-refractivity contribution in [2.75, 3.05) is 13.1 Å². The summed E-state index contributed by atoms with van der Waals surface area (Å²) in [5, 5.41) is 12.9. The fourth-order valence-electron chi connectivity index (χ4n) is 3.48. The highest BCUT2D eigenvalue weighted by Crippen LogP contribution is 2.41. The second kappa shape index (κ2) is 5.65. The van der Waals surface area contributed by atoms with E-state index in [1.54, 1.807) is 11.2 Å². The van der Waals surface area contributed by atoms with Gasteiger partial charge in [-0.1, -0.05) is 0 Å². The summed E-state index contributed by atoms with van der Waals surface area (Å²) in [5.74, 6) is -0.420. The van der Waals surface area contributed by atoms with Crippen LogP contribution in [0.5, 0.6) is 0 Å². The van der Waals surface area contributed by atoms with Crippen LogP contribution in [0.15, 0.2) is 18.5 Å². The summed E-state index contributed by atoms with van der Waals surface area (Å²) in [6, 6.07) is 3.40. The van der Waals surface area contributed by atoms with Crippen molar-refractivity contribution in [2.45, 2.75) is 38.6 Å². The van der Waals surface area contributed by atoms with E-state index in [0.717, 1.165) is 31.5 Å². The fraction of sp³-hybridized carbons (Fsp3) is 0.562. The Morgan fingerprint density at radius 2 is 2.32 bits per heavy atom. The number of nitriles is 1. The highest BCUT2D eigenvalue weighted by atomic mass is 19.1. The summed E-state index contributed by atoms with van der Waals surface area (Å²) in [6.07, 6.45) is 5.36. The first-order chi connectivity index (χ1) is 10.5. The quantitative estimate of drug-likeness (QED) is 0.842. The maximum Gasteiger partial charge on any atom is 0.244 e. The third-order valence-corrected chi connectivity index (χ3v) is 4.71. The van der Waals surface area contributed by atoms with Gasteiger partial charge < -0.3 is 0 Å². The van der Waals surface area contributed by atoms with Gasteiger partial charge >= 0.3 is 0 Å². The molecule has 6 heteroatoms. The number of hydrogen-bond donors (Lipinski definition) is 0. The van der Waals surface area contributed by atoms with E-state index in [1.807, 2.05) is 11.9 Å². The number of amides is 1. The molecule has 1 aromatic heterocycles. The van der Waals surface area contributed by atoms with Crippen LogP contribution in [0.4, 0.5) is 4.39 Å². The molecule has 1 aromatic rings. The van der Waals surface area contributed by atoms with Gasteiger partial charge in [-0.05, 0) is 37.8 Å². The molecule has 116 valence electrons. The molecule has 0 radical (unpaired) electrons. The van der Waals surface area contributed by atoms with Gasteiger partial charge in [-0.2, -0.15) is 5.26 Å². The van der Waals surface area contributed by atoms with Gasteiger partial charge in [0.15, 0.2) is 0 Å². The molecule has 0 N–H and O–H groups in total. The van der Waals surface area contributed by atoms with Crippen molar-refractivity contribution in [3.05, 3.63) is 29.8 Å². The maximum absolute atomic E-state index is 13.5. The average Bonchev–Trinajstić information content (AvgIpc) is 2.85. The molecule has 2 aliphatic rings. The highest BCUT2D eigenvalue weighted by molar-refractivity contribution is 5.83. The Balaban J connectivity index is 1.95. The third-order valence-electron chi connectivity index (χ3n) is 4.71. The topological polar surface area (TPSA) is 60.2 Å². The van der Waals surface area contributed by atoms with E-state index in [-0.39, 0.29) is 18.4 Å². The van der Waals surface area contributed by atoms with Crippen molar-refractivity contribution in [1.82, 2.24) is 15.0 Å². The van der Waals surface area contributed by atoms with Crippen LogP contribution in [-0.4, -0.2) is 34.0 Å². The fourth-order valence-corrected chi connectivity index (χ4v) is 3.48. The summed E-state index contributed by atoms with van der Waals surface area (Å²) in [4.78, 5) is 16.9. The SMILES string of the molecule is CC1(CC#N)CCCN2CC[C@@H](c3cncc(F)c3)N2C1=O. The number of halogens is 1. The van der Waals surface area contributed by atoms with Gasteiger partial charge in [-0.3, -0.25) is 14.8 Å². The van der Waals surface area contributed by atoms with Crippen LogP contribution in [-0.2, 0) is 4.79 Å². The van der Waals surface area contributed by atoms with Crippen LogP contribution < -0.4 is 0 Å². The standard InChI is InChI=1S/C16H19FN4O/c1-16(5-6-18)4-2-7-20-8-3-14(21(20)15(16)22)12-9-13(17)11-19-10-12/h9-11,14H,2-5,7-8H2,1H3/t14-,16?/m0/s1. The largest absolute Gasteiger partial charge is 0.273 e. The number of rotatable bonds is 2. The van der Waals surface area contributed by atoms with Gasteiger partial charge in [-0.15, -0.1) is 0 Å². The average molecular weight is 302 g/mol. The second-order valence-corrected chi connectivity index (χ2v) is 6.34. The zero-order valence-electron chi connectivity index (χ0n) is 12.6. The Bertz CT molecular complexity index is 629. The van der Waals surface area contributed by atoms with Gasteiger partial charge in [0.25, 0.3) is 0 Å². The first-order valence-corrected chi connectivity index (χ1v) is 7.61. The Labute approximate surface area is 129 Å². The molecule has 0 saturated carbocycles. The minimum atomic E-state index is -0.660. The molecular weight excluding hydrogens is 283 g/mol. The number of hydrogen-bond acceptors (Lipinski definition) is 4. The van der Waals surface area contributed by atoms with Crippen LogP contribution in [0.25, 0.3) is 0 Å². The zero-order chi connectivity index (χ0) is 15.7. The van der Waals surface area contributed by atoms with E-state index in [9.17, 15) is 9.18 Å². The minimum Gasteiger partial charge on any atom is -0.273 e. The molecule has 5 nitrogen and oxygen atoms in total. The number of aromatic nitrogens is 1. The van der Waals surface area contributed by atoms with Gasteiger partial charge in [0.05, 0.1) is 23.7 Å². The molecule has 2 atom stereocenters. The van der Waals surface area contributed by atoms with Crippen LogP contribution >= 0.6 is 0 Å². The van der Waals surface area contributed by atoms with Gasteiger partial charge in [-0.25, -0.2) is 9.40 Å². The number of carbonyl (C=O) groups excluding carboxylic acids is 1. The molecule has 0 aromatic carbocycles. The Kier molecular flexibility index (Phi) is 3.83. The van der Waals surface area contributed by atoms with Crippen LogP contribution in [0.2, 0.25) is 0 Å². The lowest BCUT2D eigenvalue weighted by Gasteiger charge is -2.35. The summed E-state index contributed by atoms with van der Waals surface area (Å²) in [6.45, 7) is 3.43. The predicted molar refractivity (Wildman–Crippen MR) is 77.5 cm³/mol. The van der Waals surface area contributed by atoms with Crippen molar-refractivity contribution < 1.29 is 9.18 Å². The lowest BCUT2D eigenvalue weighted by Crippen LogP contribution is -2.46. The van der Waals surface area contributed by atoms with E-state index in [0.29, 0.717) is 6.42 Å². The summed E-state index contributed by atoms with van der Waals surface area (Å²) in [7, 11) is 0. The van der Waals surface area contributed by atoms with Crippen LogP contribution in [0.3, 0.4) is 0 Å². The van der Waals surface area contributed by atoms with E-state index in [2.05, 4.69) is 11.1 Å². The second-order valence-electron chi connectivity index (χ2n) is 6.34. The first-order valence-electron chi connectivity index (χ1n) is 7.61. The lowest BCUT2D eigenvalue weighted by molar-refractivity contribution is -0.155. The maximum atomic E-state index is 13.5. The number of nitrogens with zero attached hydrogens (tertiary/aromatic N) is 4. The Hall–Kier alpha value is -2.00. The molecule has 2 saturated heterocycles. The molecule has 2 fully saturated rings. The molecule has 1 unspecified atom stereocenters. The molecule has 3 rings (SSSR count). The van der Waals surface area contributed by atoms with E-state index in [4.69, 9.17) is 5.26 Å². The van der Waals surface area contributed by atoms with Crippen molar-refractivity contribution in [3.8, 4) is 6.07 Å². The number of fused-ring (bicyclic) bond motifs is 1. The zero-order valence-corrected chi connectivity index (χ0v) is 12.6. The van der Waals surface area contributed by atoms with Crippen molar-refractivity contribution >= 4 is 5.91 Å². The summed E-state index contributed by atoms with van der Waals surface area (Å²) in [5.41, 5.74) is 0.0596. The van der Waals surface area contributed by atoms with Crippen molar-refractivity contribution in [1.29, 1.82) is 5.26 Å². The summed E-state index contributed by atoms with van der Waals surface area (Å²) < 4.78 is 13.5. The molecular formula is C16H19FN4O. The van der Waals surface area contributed by atoms with Gasteiger partial charge in [0.1, 0.15) is 5.82 Å². The minimum absolute atomic E-state index is 0.0293. The van der Waals surface area contributed by atoms with Crippen molar-refractivity contribution in [2.24, 2.45) is 5.41 Å². The number of carbonyl (C=O) groups is 1. The monoisotopic (exact) mass is 302 g/mol. The molecule has 0 spiro atoms. The Morgan fingerprint density at radius 1 is 1.50 bits per heavy atom. The van der Waals surface area contributed by atoms with Gasteiger partial charge in [0, 0.05) is 25.7 Å². The van der Waals surface area contributed by atoms with E-state index in [1.165, 1.54) is 12.3 Å². The predicted octanol–water partition coefficient (Wildman–Crippen LogP) is 2.42. The molecule has 2 aliphatic heterocycles. The van der Waals surface area contributed by atoms with E-state index >= 15 is 0 Å². The van der Waals surface area contributed by atoms with Crippen LogP contribution in [0, 0.1) is 22.6 Å². The Morgan fingerprint density at radius 3 is 3.05 bits per heavy atom. The normalized spacial score (nSPS) is 29.0. The lowest BCUT2D eigenvalue weighted by atomic mass is 9.81. The first kappa shape index (κ1) is 14.9. The van der Waals surface area contributed by atoms with Gasteiger partial charge in [0.2, 0.25) is 5.91 Å². The molecule has 3 heterocycles. The molecule has 1 amide bonds.